The van der Waals surface area contributed by atoms with Crippen LogP contribution in [0.5, 0.6) is 11.5 Å². The van der Waals surface area contributed by atoms with E-state index >= 15 is 0 Å². The number of rotatable bonds is 10. The maximum absolute atomic E-state index is 14.7. The Bertz CT molecular complexity index is 1480. The molecule has 0 saturated carbocycles. The Morgan fingerprint density at radius 3 is 2.46 bits per heavy atom. The topological polar surface area (TPSA) is 116 Å². The first-order valence-corrected chi connectivity index (χ1v) is 12.1. The van der Waals surface area contributed by atoms with Crippen LogP contribution >= 0.6 is 0 Å². The molecular formula is C29H29FN4O5. The van der Waals surface area contributed by atoms with Gasteiger partial charge in [-0.3, -0.25) is 19.6 Å². The molecule has 9 nitrogen and oxygen atoms in total. The molecule has 1 unspecified atom stereocenters. The summed E-state index contributed by atoms with van der Waals surface area (Å²) in [5, 5.41) is 5.90. The van der Waals surface area contributed by atoms with Crippen LogP contribution in [0.15, 0.2) is 79.1 Å². The fourth-order valence-corrected chi connectivity index (χ4v) is 4.34. The highest BCUT2D eigenvalue weighted by atomic mass is 19.1. The average molecular weight is 533 g/mol. The average Bonchev–Trinajstić information content (AvgIpc) is 2.96. The van der Waals surface area contributed by atoms with E-state index in [4.69, 9.17) is 20.1 Å². The van der Waals surface area contributed by atoms with Gasteiger partial charge in [-0.1, -0.05) is 30.3 Å². The molecule has 0 aliphatic heterocycles. The molecule has 1 amide bonds. The fraction of sp³-hybridized carbons (Fsp3) is 0.207. The highest BCUT2D eigenvalue weighted by Crippen LogP contribution is 2.34. The highest BCUT2D eigenvalue weighted by molar-refractivity contribution is 5.90. The van der Waals surface area contributed by atoms with Crippen molar-refractivity contribution >= 4 is 28.3 Å². The Kier molecular flexibility index (Phi) is 8.57. The van der Waals surface area contributed by atoms with E-state index in [1.54, 1.807) is 42.7 Å². The lowest BCUT2D eigenvalue weighted by Crippen LogP contribution is -2.46. The van der Waals surface area contributed by atoms with Crippen LogP contribution in [0.25, 0.3) is 10.8 Å². The number of amides is 1. The minimum absolute atomic E-state index is 0.143. The van der Waals surface area contributed by atoms with Crippen LogP contribution in [0.3, 0.4) is 0 Å². The SMILES string of the molecule is COC(=O)C[C@@H](NC(=O)C(c1ccc(OC)c(OC)c1)N(N)c1ccc2cnccc2c1)c1ccccc1F. The van der Waals surface area contributed by atoms with Gasteiger partial charge in [0.15, 0.2) is 11.5 Å². The van der Waals surface area contributed by atoms with Crippen LogP contribution in [0.4, 0.5) is 10.1 Å². The summed E-state index contributed by atoms with van der Waals surface area (Å²) in [6.45, 7) is 0. The van der Waals surface area contributed by atoms with E-state index in [2.05, 4.69) is 10.3 Å². The molecule has 202 valence electrons. The van der Waals surface area contributed by atoms with E-state index in [0.717, 1.165) is 10.8 Å². The highest BCUT2D eigenvalue weighted by Gasteiger charge is 2.31. The summed E-state index contributed by atoms with van der Waals surface area (Å²) >= 11 is 0. The van der Waals surface area contributed by atoms with Crippen molar-refractivity contribution in [3.05, 3.63) is 96.1 Å². The first kappa shape index (κ1) is 27.3. The fourth-order valence-electron chi connectivity index (χ4n) is 4.34. The van der Waals surface area contributed by atoms with Crippen LogP contribution < -0.4 is 25.6 Å². The third-order valence-corrected chi connectivity index (χ3v) is 6.37. The molecule has 10 heteroatoms. The predicted molar refractivity (Wildman–Crippen MR) is 145 cm³/mol. The van der Waals surface area contributed by atoms with Gasteiger partial charge in [0.1, 0.15) is 11.9 Å². The molecule has 0 aliphatic carbocycles. The van der Waals surface area contributed by atoms with Crippen LogP contribution in [0.1, 0.15) is 29.6 Å². The van der Waals surface area contributed by atoms with E-state index in [0.29, 0.717) is 22.7 Å². The zero-order valence-corrected chi connectivity index (χ0v) is 21.8. The van der Waals surface area contributed by atoms with Crippen LogP contribution in [0.2, 0.25) is 0 Å². The second-order valence-corrected chi connectivity index (χ2v) is 8.69. The summed E-state index contributed by atoms with van der Waals surface area (Å²) in [5.74, 6) is 5.73. The van der Waals surface area contributed by atoms with Crippen molar-refractivity contribution in [3.63, 3.8) is 0 Å². The zero-order valence-electron chi connectivity index (χ0n) is 21.8. The Balaban J connectivity index is 1.77. The van der Waals surface area contributed by atoms with Crippen molar-refractivity contribution in [1.29, 1.82) is 0 Å². The van der Waals surface area contributed by atoms with Crippen molar-refractivity contribution in [1.82, 2.24) is 10.3 Å². The lowest BCUT2D eigenvalue weighted by Gasteiger charge is -2.31. The van der Waals surface area contributed by atoms with Gasteiger partial charge in [0.25, 0.3) is 0 Å². The first-order valence-electron chi connectivity index (χ1n) is 12.1. The normalized spacial score (nSPS) is 12.3. The number of carbonyl (C=O) groups excluding carboxylic acids is 2. The number of ether oxygens (including phenoxy) is 3. The van der Waals surface area contributed by atoms with Gasteiger partial charge in [-0.15, -0.1) is 0 Å². The number of hydrazine groups is 1. The van der Waals surface area contributed by atoms with Gasteiger partial charge in [-0.2, -0.15) is 0 Å². The summed E-state index contributed by atoms with van der Waals surface area (Å²) in [4.78, 5) is 30.3. The van der Waals surface area contributed by atoms with Crippen LogP contribution in [-0.4, -0.2) is 38.2 Å². The van der Waals surface area contributed by atoms with Crippen molar-refractivity contribution in [2.24, 2.45) is 5.84 Å². The van der Waals surface area contributed by atoms with E-state index in [9.17, 15) is 14.0 Å². The third-order valence-electron chi connectivity index (χ3n) is 6.37. The second kappa shape index (κ2) is 12.2. The Hall–Kier alpha value is -4.70. The Labute approximate surface area is 225 Å². The molecule has 39 heavy (non-hydrogen) atoms. The number of hydrogen-bond donors (Lipinski definition) is 2. The molecule has 0 bridgehead atoms. The number of nitrogens with zero attached hydrogens (tertiary/aromatic N) is 2. The van der Waals surface area contributed by atoms with Gasteiger partial charge in [0.2, 0.25) is 5.91 Å². The number of nitrogens with one attached hydrogen (secondary N) is 1. The molecule has 2 atom stereocenters. The number of carbonyl (C=O) groups is 2. The largest absolute Gasteiger partial charge is 0.493 e. The summed E-state index contributed by atoms with van der Waals surface area (Å²) in [7, 11) is 4.22. The number of esters is 1. The molecule has 0 fully saturated rings. The number of pyridine rings is 1. The molecule has 0 spiro atoms. The van der Waals surface area contributed by atoms with Crippen molar-refractivity contribution in [2.75, 3.05) is 26.3 Å². The number of aromatic nitrogens is 1. The lowest BCUT2D eigenvalue weighted by molar-refractivity contribution is -0.141. The molecular weight excluding hydrogens is 503 g/mol. The van der Waals surface area contributed by atoms with Gasteiger partial charge < -0.3 is 19.5 Å². The molecule has 0 aliphatic rings. The summed E-state index contributed by atoms with van der Waals surface area (Å²) < 4.78 is 30.3. The van der Waals surface area contributed by atoms with Crippen LogP contribution in [0, 0.1) is 5.82 Å². The number of benzene rings is 3. The van der Waals surface area contributed by atoms with Gasteiger partial charge in [-0.05, 0) is 47.3 Å². The number of anilines is 1. The summed E-state index contributed by atoms with van der Waals surface area (Å²) in [5.41, 5.74) is 1.16. The smallest absolute Gasteiger partial charge is 0.307 e. The molecule has 0 radical (unpaired) electrons. The number of hydrogen-bond acceptors (Lipinski definition) is 8. The second-order valence-electron chi connectivity index (χ2n) is 8.69. The minimum Gasteiger partial charge on any atom is -0.493 e. The first-order chi connectivity index (χ1) is 18.9. The Morgan fingerprint density at radius 2 is 1.74 bits per heavy atom. The maximum Gasteiger partial charge on any atom is 0.307 e. The Morgan fingerprint density at radius 1 is 0.974 bits per heavy atom. The standard InChI is InChI=1S/C29H29FN4O5/c1-37-25-11-9-19(15-26(25)38-2)28(34(31)21-10-8-20-17-32-13-12-18(20)14-21)29(36)33-24(16-27(35)39-3)22-6-4-5-7-23(22)30/h4-15,17,24,28H,16,31H2,1-3H3,(H,33,36)/t24-,28?/m1/s1. The molecule has 4 rings (SSSR count). The molecule has 3 N–H and O–H groups in total. The van der Waals surface area contributed by atoms with Gasteiger partial charge in [-0.25, -0.2) is 10.2 Å². The van der Waals surface area contributed by atoms with Crippen molar-refractivity contribution < 1.29 is 28.2 Å². The number of fused-ring (bicyclic) bond motifs is 1. The van der Waals surface area contributed by atoms with E-state index in [1.165, 1.54) is 44.5 Å². The molecule has 3 aromatic carbocycles. The number of methoxy groups -OCH3 is 3. The quantitative estimate of drug-likeness (QED) is 0.177. The molecule has 0 saturated heterocycles. The molecule has 1 heterocycles. The summed E-state index contributed by atoms with van der Waals surface area (Å²) in [6, 6.07) is 16.1. The third kappa shape index (κ3) is 6.07. The van der Waals surface area contributed by atoms with Gasteiger partial charge in [0, 0.05) is 23.3 Å². The maximum atomic E-state index is 14.7. The van der Waals surface area contributed by atoms with Gasteiger partial charge >= 0.3 is 5.97 Å². The van der Waals surface area contributed by atoms with E-state index < -0.39 is 29.8 Å². The lowest BCUT2D eigenvalue weighted by atomic mass is 9.99. The van der Waals surface area contributed by atoms with E-state index in [-0.39, 0.29) is 12.0 Å². The summed E-state index contributed by atoms with van der Waals surface area (Å²) in [6.07, 6.45) is 3.11. The molecule has 1 aromatic heterocycles. The monoisotopic (exact) mass is 532 g/mol. The number of nitrogens with two attached hydrogens (primary N) is 1. The zero-order chi connectivity index (χ0) is 27.9. The van der Waals surface area contributed by atoms with Crippen molar-refractivity contribution in [3.8, 4) is 11.5 Å². The minimum atomic E-state index is -1.10. The molecule has 4 aromatic rings. The van der Waals surface area contributed by atoms with Gasteiger partial charge in [0.05, 0.1) is 39.5 Å². The van der Waals surface area contributed by atoms with Crippen LogP contribution in [-0.2, 0) is 14.3 Å². The van der Waals surface area contributed by atoms with Crippen molar-refractivity contribution in [2.45, 2.75) is 18.5 Å². The predicted octanol–water partition coefficient (Wildman–Crippen LogP) is 4.23. The number of halogens is 1. The van der Waals surface area contributed by atoms with E-state index in [1.807, 2.05) is 18.2 Å².